The van der Waals surface area contributed by atoms with Crippen molar-refractivity contribution in [3.8, 4) is 0 Å². The van der Waals surface area contributed by atoms with Gasteiger partial charge in [0, 0.05) is 29.8 Å². The van der Waals surface area contributed by atoms with Crippen molar-refractivity contribution in [1.29, 1.82) is 0 Å². The van der Waals surface area contributed by atoms with Crippen molar-refractivity contribution in [2.24, 2.45) is 10.9 Å². The number of nitrogens with one attached hydrogen (secondary N) is 1. The normalized spacial score (nSPS) is 11.2. The van der Waals surface area contributed by atoms with Crippen molar-refractivity contribution in [1.82, 2.24) is 10.3 Å². The summed E-state index contributed by atoms with van der Waals surface area (Å²) in [6.45, 7) is 0.460. The van der Waals surface area contributed by atoms with Crippen LogP contribution in [0.4, 0.5) is 0 Å². The first-order valence-electron chi connectivity index (χ1n) is 4.98. The molecule has 0 aromatic carbocycles. The summed E-state index contributed by atoms with van der Waals surface area (Å²) in [6.07, 6.45) is 4.15. The molecule has 0 saturated carbocycles. The first kappa shape index (κ1) is 13.4. The molecule has 0 aliphatic rings. The van der Waals surface area contributed by atoms with E-state index in [0.717, 1.165) is 4.47 Å². The molecule has 0 atom stereocenters. The quantitative estimate of drug-likeness (QED) is 0.249. The van der Waals surface area contributed by atoms with Gasteiger partial charge in [0.2, 0.25) is 0 Å². The number of halogens is 1. The van der Waals surface area contributed by atoms with E-state index in [9.17, 15) is 4.79 Å². The van der Waals surface area contributed by atoms with Gasteiger partial charge in [-0.05, 0) is 28.4 Å². The number of pyridine rings is 1. The Labute approximate surface area is 107 Å². The third-order valence-electron chi connectivity index (χ3n) is 1.99. The van der Waals surface area contributed by atoms with Gasteiger partial charge in [-0.2, -0.15) is 0 Å². The molecule has 0 aliphatic carbocycles. The number of carbonyl (C=O) groups excluding carboxylic acids is 1. The maximum Gasteiger partial charge on any atom is 0.252 e. The lowest BCUT2D eigenvalue weighted by molar-refractivity contribution is 0.0953. The molecule has 0 unspecified atom stereocenters. The van der Waals surface area contributed by atoms with Gasteiger partial charge in [0.05, 0.1) is 5.56 Å². The number of oxime groups is 1. The van der Waals surface area contributed by atoms with Crippen LogP contribution in [0.2, 0.25) is 0 Å². The van der Waals surface area contributed by atoms with Gasteiger partial charge in [0.25, 0.3) is 5.91 Å². The fourth-order valence-electron chi connectivity index (χ4n) is 1.16. The molecule has 1 heterocycles. The standard InChI is InChI=1S/C10H13BrN4O2/c11-8-4-7(5-13-6-8)10(16)14-3-1-2-9(12)15-17/h4-6,17H,1-3H2,(H2,12,15)(H,14,16). The summed E-state index contributed by atoms with van der Waals surface area (Å²) >= 11 is 3.24. The summed E-state index contributed by atoms with van der Waals surface area (Å²) in [5.41, 5.74) is 5.78. The van der Waals surface area contributed by atoms with Crippen LogP contribution in [0, 0.1) is 0 Å². The second-order valence-electron chi connectivity index (χ2n) is 3.34. The average molecular weight is 301 g/mol. The summed E-state index contributed by atoms with van der Waals surface area (Å²) < 4.78 is 0.752. The molecule has 1 aromatic heterocycles. The SMILES string of the molecule is NC(CCCNC(=O)c1cncc(Br)c1)=NO. The number of hydrogen-bond acceptors (Lipinski definition) is 4. The van der Waals surface area contributed by atoms with Crippen molar-refractivity contribution >= 4 is 27.7 Å². The molecule has 0 fully saturated rings. The van der Waals surface area contributed by atoms with Crippen LogP contribution in [0.15, 0.2) is 28.1 Å². The number of carbonyl (C=O) groups is 1. The lowest BCUT2D eigenvalue weighted by Gasteiger charge is -2.04. The number of nitrogens with zero attached hydrogens (tertiary/aromatic N) is 2. The van der Waals surface area contributed by atoms with Gasteiger partial charge in [0.15, 0.2) is 0 Å². The fraction of sp³-hybridized carbons (Fsp3) is 0.300. The Hall–Kier alpha value is -1.63. The molecule has 92 valence electrons. The maximum atomic E-state index is 11.6. The highest BCUT2D eigenvalue weighted by Gasteiger charge is 2.05. The summed E-state index contributed by atoms with van der Waals surface area (Å²) in [4.78, 5) is 15.5. The number of amides is 1. The zero-order valence-electron chi connectivity index (χ0n) is 9.06. The Morgan fingerprint density at radius 2 is 2.35 bits per heavy atom. The molecule has 6 nitrogen and oxygen atoms in total. The van der Waals surface area contributed by atoms with E-state index in [1.165, 1.54) is 6.20 Å². The first-order valence-corrected chi connectivity index (χ1v) is 5.78. The van der Waals surface area contributed by atoms with Crippen molar-refractivity contribution < 1.29 is 10.0 Å². The molecule has 1 aromatic rings. The third-order valence-corrected chi connectivity index (χ3v) is 2.42. The molecule has 0 saturated heterocycles. The zero-order valence-corrected chi connectivity index (χ0v) is 10.6. The van der Waals surface area contributed by atoms with Gasteiger partial charge < -0.3 is 16.3 Å². The largest absolute Gasteiger partial charge is 0.409 e. The van der Waals surface area contributed by atoms with E-state index in [-0.39, 0.29) is 11.7 Å². The van der Waals surface area contributed by atoms with Gasteiger partial charge in [-0.3, -0.25) is 9.78 Å². The molecule has 7 heteroatoms. The Balaban J connectivity index is 2.35. The van der Waals surface area contributed by atoms with Crippen molar-refractivity contribution in [3.63, 3.8) is 0 Å². The summed E-state index contributed by atoms with van der Waals surface area (Å²) in [6, 6.07) is 1.69. The first-order chi connectivity index (χ1) is 8.13. The maximum absolute atomic E-state index is 11.6. The number of rotatable bonds is 5. The van der Waals surface area contributed by atoms with Crippen LogP contribution >= 0.6 is 15.9 Å². The molecule has 0 aliphatic heterocycles. The van der Waals surface area contributed by atoms with Crippen molar-refractivity contribution in [2.75, 3.05) is 6.54 Å². The lowest BCUT2D eigenvalue weighted by atomic mass is 10.2. The van der Waals surface area contributed by atoms with E-state index in [1.54, 1.807) is 12.3 Å². The molecule has 1 rings (SSSR count). The number of amidine groups is 1. The average Bonchev–Trinajstić information content (AvgIpc) is 2.34. The summed E-state index contributed by atoms with van der Waals surface area (Å²) in [5.74, 6) is -0.0401. The molecular weight excluding hydrogens is 288 g/mol. The molecular formula is C10H13BrN4O2. The number of hydrogen-bond donors (Lipinski definition) is 3. The molecule has 0 spiro atoms. The Morgan fingerprint density at radius 1 is 1.59 bits per heavy atom. The fourth-order valence-corrected chi connectivity index (χ4v) is 1.52. The molecule has 0 radical (unpaired) electrons. The van der Waals surface area contributed by atoms with Crippen LogP contribution in [0.5, 0.6) is 0 Å². The highest BCUT2D eigenvalue weighted by atomic mass is 79.9. The van der Waals surface area contributed by atoms with E-state index in [4.69, 9.17) is 10.9 Å². The lowest BCUT2D eigenvalue weighted by Crippen LogP contribution is -2.25. The van der Waals surface area contributed by atoms with E-state index in [0.29, 0.717) is 24.9 Å². The van der Waals surface area contributed by atoms with Crippen molar-refractivity contribution in [3.05, 3.63) is 28.5 Å². The molecule has 4 N–H and O–H groups in total. The van der Waals surface area contributed by atoms with Crippen LogP contribution in [-0.2, 0) is 0 Å². The van der Waals surface area contributed by atoms with Crippen LogP contribution in [0.1, 0.15) is 23.2 Å². The molecule has 17 heavy (non-hydrogen) atoms. The summed E-state index contributed by atoms with van der Waals surface area (Å²) in [7, 11) is 0. The van der Waals surface area contributed by atoms with Crippen LogP contribution in [-0.4, -0.2) is 28.5 Å². The van der Waals surface area contributed by atoms with Gasteiger partial charge in [0.1, 0.15) is 5.84 Å². The minimum absolute atomic E-state index is 0.156. The monoisotopic (exact) mass is 300 g/mol. The van der Waals surface area contributed by atoms with Crippen LogP contribution in [0.3, 0.4) is 0 Å². The number of aromatic nitrogens is 1. The van der Waals surface area contributed by atoms with E-state index >= 15 is 0 Å². The molecule has 1 amide bonds. The predicted molar refractivity (Wildman–Crippen MR) is 66.9 cm³/mol. The van der Waals surface area contributed by atoms with Gasteiger partial charge in [-0.15, -0.1) is 0 Å². The second kappa shape index (κ2) is 6.85. The van der Waals surface area contributed by atoms with Crippen LogP contribution < -0.4 is 11.1 Å². The van der Waals surface area contributed by atoms with Gasteiger partial charge >= 0.3 is 0 Å². The smallest absolute Gasteiger partial charge is 0.252 e. The van der Waals surface area contributed by atoms with Crippen molar-refractivity contribution in [2.45, 2.75) is 12.8 Å². The topological polar surface area (TPSA) is 101 Å². The zero-order chi connectivity index (χ0) is 12.7. The number of nitrogens with two attached hydrogens (primary N) is 1. The highest BCUT2D eigenvalue weighted by Crippen LogP contribution is 2.09. The van der Waals surface area contributed by atoms with Crippen LogP contribution in [0.25, 0.3) is 0 Å². The Bertz CT molecular complexity index is 423. The Kier molecular flexibility index (Phi) is 5.41. The van der Waals surface area contributed by atoms with Gasteiger partial charge in [-0.25, -0.2) is 0 Å². The van der Waals surface area contributed by atoms with E-state index in [1.807, 2.05) is 0 Å². The Morgan fingerprint density at radius 3 is 3.00 bits per heavy atom. The summed E-state index contributed by atoms with van der Waals surface area (Å²) in [5, 5.41) is 13.9. The minimum atomic E-state index is -0.196. The minimum Gasteiger partial charge on any atom is -0.409 e. The third kappa shape index (κ3) is 4.81. The second-order valence-corrected chi connectivity index (χ2v) is 4.26. The van der Waals surface area contributed by atoms with Gasteiger partial charge in [-0.1, -0.05) is 5.16 Å². The van der Waals surface area contributed by atoms with E-state index < -0.39 is 0 Å². The molecule has 0 bridgehead atoms. The predicted octanol–water partition coefficient (Wildman–Crippen LogP) is 1.10. The van der Waals surface area contributed by atoms with E-state index in [2.05, 4.69) is 31.4 Å². The highest BCUT2D eigenvalue weighted by molar-refractivity contribution is 9.10.